The van der Waals surface area contributed by atoms with E-state index in [0.717, 1.165) is 56.3 Å². The van der Waals surface area contributed by atoms with E-state index in [2.05, 4.69) is 45.8 Å². The average molecular weight is 530 g/mol. The standard InChI is InChI=1S/C33H43N3O3/c1-19-35-27(36-39-19)33-13-11-28(2,3)17-21(33)25-22(37)15-24-30(6)16-20(18-34)26(38)29(4,5)23(30)9-10-31(24,7)32(25,8)12-14-33/h15-16,21,23,25H,9-14,17H2,1-8H3/t21-,23-,25-,30-,31+,32+,33-/m0/s1. The lowest BCUT2D eigenvalue weighted by atomic mass is 9.34. The summed E-state index contributed by atoms with van der Waals surface area (Å²) in [4.78, 5) is 32.6. The van der Waals surface area contributed by atoms with Gasteiger partial charge in [-0.15, -0.1) is 0 Å². The Morgan fingerprint density at radius 2 is 1.69 bits per heavy atom. The molecule has 0 N–H and O–H groups in total. The number of carbonyl (C=O) groups is 2. The molecule has 0 bridgehead atoms. The minimum absolute atomic E-state index is 0.0560. The van der Waals surface area contributed by atoms with Gasteiger partial charge in [0.25, 0.3) is 0 Å². The molecule has 5 aliphatic rings. The van der Waals surface area contributed by atoms with Crippen molar-refractivity contribution >= 4 is 11.6 Å². The highest BCUT2D eigenvalue weighted by molar-refractivity contribution is 6.04. The number of rotatable bonds is 1. The van der Waals surface area contributed by atoms with Gasteiger partial charge in [0.2, 0.25) is 5.89 Å². The van der Waals surface area contributed by atoms with E-state index in [4.69, 9.17) is 9.51 Å². The quantitative estimate of drug-likeness (QED) is 0.395. The van der Waals surface area contributed by atoms with Gasteiger partial charge in [0, 0.05) is 29.1 Å². The van der Waals surface area contributed by atoms with E-state index in [1.807, 2.05) is 32.9 Å². The van der Waals surface area contributed by atoms with Crippen LogP contribution in [0.3, 0.4) is 0 Å². The summed E-state index contributed by atoms with van der Waals surface area (Å²) in [6.45, 7) is 17.4. The lowest BCUT2D eigenvalue weighted by Crippen LogP contribution is -2.65. The van der Waals surface area contributed by atoms with Crippen LogP contribution in [0.15, 0.2) is 27.8 Å². The number of nitriles is 1. The van der Waals surface area contributed by atoms with Crippen LogP contribution in [0, 0.1) is 63.1 Å². The molecule has 0 unspecified atom stereocenters. The molecule has 0 radical (unpaired) electrons. The lowest BCUT2D eigenvalue weighted by molar-refractivity contribution is -0.160. The van der Waals surface area contributed by atoms with Gasteiger partial charge < -0.3 is 4.52 Å². The molecule has 0 aromatic carbocycles. The summed E-state index contributed by atoms with van der Waals surface area (Å²) in [6, 6.07) is 2.20. The molecule has 6 heteroatoms. The number of allylic oxidation sites excluding steroid dienone is 4. The monoisotopic (exact) mass is 529 g/mol. The van der Waals surface area contributed by atoms with Crippen LogP contribution in [-0.4, -0.2) is 21.7 Å². The summed E-state index contributed by atoms with van der Waals surface area (Å²) in [5.74, 6) is 1.59. The smallest absolute Gasteiger partial charge is 0.223 e. The molecular weight excluding hydrogens is 486 g/mol. The SMILES string of the molecule is Cc1nc([C@]23CCC(C)(C)C[C@H]2[C@H]2C(=O)C=C4[C@@]5(C)C=C(C#N)C(=O)C(C)(C)[C@@H]5CC[C@@]4(C)[C@]2(C)CC3)no1. The molecule has 7 atom stereocenters. The van der Waals surface area contributed by atoms with E-state index in [1.54, 1.807) is 0 Å². The molecule has 208 valence electrons. The predicted octanol–water partition coefficient (Wildman–Crippen LogP) is 6.85. The maximum absolute atomic E-state index is 14.6. The van der Waals surface area contributed by atoms with E-state index in [9.17, 15) is 14.9 Å². The molecule has 0 amide bonds. The zero-order valence-corrected chi connectivity index (χ0v) is 24.9. The molecule has 39 heavy (non-hydrogen) atoms. The molecule has 3 saturated carbocycles. The second-order valence-corrected chi connectivity index (χ2v) is 15.6. The fourth-order valence-corrected chi connectivity index (χ4v) is 10.5. The molecule has 1 heterocycles. The van der Waals surface area contributed by atoms with Gasteiger partial charge in [0.05, 0.1) is 5.57 Å². The number of hydrogen-bond donors (Lipinski definition) is 0. The van der Waals surface area contributed by atoms with Crippen molar-refractivity contribution in [2.24, 2.45) is 44.8 Å². The number of carbonyl (C=O) groups excluding carboxylic acids is 2. The van der Waals surface area contributed by atoms with Crippen molar-refractivity contribution in [1.29, 1.82) is 5.26 Å². The first-order valence-electron chi connectivity index (χ1n) is 14.8. The van der Waals surface area contributed by atoms with Crippen molar-refractivity contribution in [3.05, 3.63) is 35.0 Å². The second-order valence-electron chi connectivity index (χ2n) is 15.6. The normalized spacial score (nSPS) is 44.1. The van der Waals surface area contributed by atoms with Crippen LogP contribution in [0.1, 0.15) is 105 Å². The summed E-state index contributed by atoms with van der Waals surface area (Å²) in [7, 11) is 0. The Morgan fingerprint density at radius 1 is 1.00 bits per heavy atom. The largest absolute Gasteiger partial charge is 0.340 e. The van der Waals surface area contributed by atoms with Crippen molar-refractivity contribution in [3.63, 3.8) is 0 Å². The first kappa shape index (κ1) is 26.7. The fraction of sp³-hybridized carbons (Fsp3) is 0.727. The molecule has 1 aromatic rings. The Kier molecular flexibility index (Phi) is 5.33. The van der Waals surface area contributed by atoms with Crippen LogP contribution in [0.4, 0.5) is 0 Å². The number of aryl methyl sites for hydroxylation is 1. The van der Waals surface area contributed by atoms with E-state index in [1.165, 1.54) is 0 Å². The molecule has 1 aromatic heterocycles. The van der Waals surface area contributed by atoms with Crippen molar-refractivity contribution < 1.29 is 14.1 Å². The Morgan fingerprint density at radius 3 is 2.33 bits per heavy atom. The lowest BCUT2D eigenvalue weighted by Gasteiger charge is -2.69. The minimum Gasteiger partial charge on any atom is -0.340 e. The Hall–Kier alpha value is -2.55. The van der Waals surface area contributed by atoms with Gasteiger partial charge in [0.15, 0.2) is 17.4 Å². The zero-order chi connectivity index (χ0) is 28.4. The highest BCUT2D eigenvalue weighted by Crippen LogP contribution is 2.74. The van der Waals surface area contributed by atoms with Crippen LogP contribution < -0.4 is 0 Å². The Bertz CT molecular complexity index is 1390. The molecule has 6 rings (SSSR count). The number of aromatic nitrogens is 2. The fourth-order valence-electron chi connectivity index (χ4n) is 10.5. The molecule has 0 aliphatic heterocycles. The van der Waals surface area contributed by atoms with Gasteiger partial charge >= 0.3 is 0 Å². The van der Waals surface area contributed by atoms with Gasteiger partial charge in [-0.05, 0) is 79.1 Å². The highest BCUT2D eigenvalue weighted by atomic mass is 16.5. The summed E-state index contributed by atoms with van der Waals surface area (Å²) in [5, 5.41) is 14.4. The minimum atomic E-state index is -0.650. The average Bonchev–Trinajstić information content (AvgIpc) is 3.29. The van der Waals surface area contributed by atoms with Gasteiger partial charge in [0.1, 0.15) is 6.07 Å². The molecule has 6 nitrogen and oxygen atoms in total. The third kappa shape index (κ3) is 3.19. The van der Waals surface area contributed by atoms with E-state index >= 15 is 0 Å². The van der Waals surface area contributed by atoms with E-state index < -0.39 is 10.8 Å². The van der Waals surface area contributed by atoms with Crippen LogP contribution in [0.2, 0.25) is 0 Å². The molecule has 0 spiro atoms. The van der Waals surface area contributed by atoms with Crippen molar-refractivity contribution in [1.82, 2.24) is 10.1 Å². The van der Waals surface area contributed by atoms with Crippen molar-refractivity contribution in [3.8, 4) is 6.07 Å². The summed E-state index contributed by atoms with van der Waals surface area (Å²) >= 11 is 0. The van der Waals surface area contributed by atoms with Crippen LogP contribution >= 0.6 is 0 Å². The first-order valence-corrected chi connectivity index (χ1v) is 14.8. The van der Waals surface area contributed by atoms with Gasteiger partial charge in [-0.1, -0.05) is 65.3 Å². The summed E-state index contributed by atoms with van der Waals surface area (Å²) in [5.41, 5.74) is -0.344. The number of ketones is 2. The number of hydrogen-bond acceptors (Lipinski definition) is 6. The van der Waals surface area contributed by atoms with Gasteiger partial charge in [-0.2, -0.15) is 10.2 Å². The summed E-state index contributed by atoms with van der Waals surface area (Å²) < 4.78 is 5.51. The Balaban J connectivity index is 1.54. The third-order valence-corrected chi connectivity index (χ3v) is 12.8. The molecule has 3 fully saturated rings. The third-order valence-electron chi connectivity index (χ3n) is 12.8. The van der Waals surface area contributed by atoms with Crippen LogP contribution in [0.25, 0.3) is 0 Å². The second kappa shape index (κ2) is 7.80. The maximum atomic E-state index is 14.6. The number of nitrogens with zero attached hydrogens (tertiary/aromatic N) is 3. The van der Waals surface area contributed by atoms with Gasteiger partial charge in [-0.25, -0.2) is 0 Å². The predicted molar refractivity (Wildman–Crippen MR) is 147 cm³/mol. The van der Waals surface area contributed by atoms with Crippen LogP contribution in [-0.2, 0) is 15.0 Å². The van der Waals surface area contributed by atoms with Gasteiger partial charge in [-0.3, -0.25) is 9.59 Å². The highest BCUT2D eigenvalue weighted by Gasteiger charge is 2.70. The van der Waals surface area contributed by atoms with Crippen LogP contribution in [0.5, 0.6) is 0 Å². The van der Waals surface area contributed by atoms with Crippen molar-refractivity contribution in [2.75, 3.05) is 0 Å². The maximum Gasteiger partial charge on any atom is 0.223 e. The number of Topliss-reactive ketones (excluding diaryl/α,β-unsaturated/α-hetero) is 1. The number of fused-ring (bicyclic) bond motifs is 7. The molecule has 5 aliphatic carbocycles. The first-order chi connectivity index (χ1) is 18.1. The topological polar surface area (TPSA) is 96.8 Å². The molecule has 0 saturated heterocycles. The van der Waals surface area contributed by atoms with E-state index in [0.29, 0.717) is 5.89 Å². The summed E-state index contributed by atoms with van der Waals surface area (Å²) in [6.07, 6.45) is 10.6. The zero-order valence-electron chi connectivity index (χ0n) is 24.9. The van der Waals surface area contributed by atoms with Crippen molar-refractivity contribution in [2.45, 2.75) is 106 Å². The molecular formula is C33H43N3O3. The Labute approximate surface area is 232 Å². The van der Waals surface area contributed by atoms with E-state index in [-0.39, 0.29) is 56.6 Å².